The van der Waals surface area contributed by atoms with E-state index in [9.17, 15) is 4.79 Å². The lowest BCUT2D eigenvalue weighted by Crippen LogP contribution is -2.32. The zero-order valence-electron chi connectivity index (χ0n) is 13.7. The van der Waals surface area contributed by atoms with Gasteiger partial charge >= 0.3 is 6.03 Å². The standard InChI is InChI=1S/C16H21ClN4O2/c1-5-11-7-8-13(17)12(6-2)14(11)20-16(22)18-9(3)15-19-10(4)21-23-15/h7-9H,5-6H2,1-4H3,(H2,18,20,22)/t9-/m0/s1. The number of aromatic nitrogens is 2. The van der Waals surface area contributed by atoms with Gasteiger partial charge in [0.05, 0.1) is 5.69 Å². The van der Waals surface area contributed by atoms with E-state index in [2.05, 4.69) is 20.8 Å². The summed E-state index contributed by atoms with van der Waals surface area (Å²) in [7, 11) is 0. The van der Waals surface area contributed by atoms with E-state index in [1.165, 1.54) is 0 Å². The van der Waals surface area contributed by atoms with Crippen molar-refractivity contribution < 1.29 is 9.32 Å². The summed E-state index contributed by atoms with van der Waals surface area (Å²) in [6.45, 7) is 7.56. The third kappa shape index (κ3) is 4.01. The highest BCUT2D eigenvalue weighted by Gasteiger charge is 2.18. The van der Waals surface area contributed by atoms with E-state index in [4.69, 9.17) is 16.1 Å². The van der Waals surface area contributed by atoms with Crippen molar-refractivity contribution in [3.63, 3.8) is 0 Å². The fourth-order valence-corrected chi connectivity index (χ4v) is 2.66. The van der Waals surface area contributed by atoms with Gasteiger partial charge in [-0.2, -0.15) is 4.98 Å². The Labute approximate surface area is 140 Å². The van der Waals surface area contributed by atoms with E-state index in [1.54, 1.807) is 13.8 Å². The third-order valence-electron chi connectivity index (χ3n) is 3.58. The lowest BCUT2D eigenvalue weighted by atomic mass is 10.0. The first-order valence-electron chi connectivity index (χ1n) is 7.64. The van der Waals surface area contributed by atoms with Crippen LogP contribution in [0.2, 0.25) is 5.02 Å². The number of urea groups is 1. The highest BCUT2D eigenvalue weighted by atomic mass is 35.5. The van der Waals surface area contributed by atoms with E-state index in [0.717, 1.165) is 29.7 Å². The molecule has 2 rings (SSSR count). The molecule has 0 aliphatic heterocycles. The van der Waals surface area contributed by atoms with Gasteiger partial charge in [0.1, 0.15) is 6.04 Å². The molecule has 23 heavy (non-hydrogen) atoms. The first-order chi connectivity index (χ1) is 11.0. The van der Waals surface area contributed by atoms with Crippen molar-refractivity contribution in [1.82, 2.24) is 15.5 Å². The molecule has 0 aliphatic rings. The summed E-state index contributed by atoms with van der Waals surface area (Å²) in [5.74, 6) is 0.903. The summed E-state index contributed by atoms with van der Waals surface area (Å²) in [6.07, 6.45) is 1.54. The van der Waals surface area contributed by atoms with Gasteiger partial charge in [-0.3, -0.25) is 0 Å². The normalized spacial score (nSPS) is 12.0. The van der Waals surface area contributed by atoms with Crippen molar-refractivity contribution in [2.24, 2.45) is 0 Å². The second-order valence-corrected chi connectivity index (χ2v) is 5.67. The predicted molar refractivity (Wildman–Crippen MR) is 89.8 cm³/mol. The second kappa shape index (κ2) is 7.46. The van der Waals surface area contributed by atoms with Crippen LogP contribution in [0.15, 0.2) is 16.7 Å². The van der Waals surface area contributed by atoms with Gasteiger partial charge < -0.3 is 15.2 Å². The molecule has 0 bridgehead atoms. The van der Waals surface area contributed by atoms with Gasteiger partial charge in [-0.1, -0.05) is 36.7 Å². The van der Waals surface area contributed by atoms with E-state index >= 15 is 0 Å². The lowest BCUT2D eigenvalue weighted by molar-refractivity contribution is 0.245. The van der Waals surface area contributed by atoms with Gasteiger partial charge in [0.2, 0.25) is 5.89 Å². The number of anilines is 1. The number of halogens is 1. The summed E-state index contributed by atoms with van der Waals surface area (Å²) in [5, 5.41) is 10.1. The SMILES string of the molecule is CCc1ccc(Cl)c(CC)c1NC(=O)N[C@@H](C)c1nc(C)no1. The first kappa shape index (κ1) is 17.3. The Balaban J connectivity index is 2.15. The second-order valence-electron chi connectivity index (χ2n) is 5.27. The van der Waals surface area contributed by atoms with Crippen molar-refractivity contribution in [2.75, 3.05) is 5.32 Å². The number of rotatable bonds is 5. The summed E-state index contributed by atoms with van der Waals surface area (Å²) in [5.41, 5.74) is 2.75. The Kier molecular flexibility index (Phi) is 5.60. The quantitative estimate of drug-likeness (QED) is 0.863. The molecule has 0 fully saturated rings. The molecular weight excluding hydrogens is 316 g/mol. The Hall–Kier alpha value is -2.08. The van der Waals surface area contributed by atoms with Crippen LogP contribution in [0.5, 0.6) is 0 Å². The summed E-state index contributed by atoms with van der Waals surface area (Å²) >= 11 is 6.24. The minimum absolute atomic E-state index is 0.333. The summed E-state index contributed by atoms with van der Waals surface area (Å²) in [4.78, 5) is 16.4. The van der Waals surface area contributed by atoms with Crippen molar-refractivity contribution in [3.05, 3.63) is 40.0 Å². The van der Waals surface area contributed by atoms with Crippen LogP contribution in [0.3, 0.4) is 0 Å². The van der Waals surface area contributed by atoms with Crippen molar-refractivity contribution in [3.8, 4) is 0 Å². The van der Waals surface area contributed by atoms with Crippen LogP contribution in [0, 0.1) is 6.92 Å². The number of nitrogens with zero attached hydrogens (tertiary/aromatic N) is 2. The van der Waals surface area contributed by atoms with Gasteiger partial charge in [0, 0.05) is 5.02 Å². The van der Waals surface area contributed by atoms with E-state index < -0.39 is 0 Å². The lowest BCUT2D eigenvalue weighted by Gasteiger charge is -2.17. The number of aryl methyl sites for hydroxylation is 2. The monoisotopic (exact) mass is 336 g/mol. The Morgan fingerprint density at radius 2 is 2.09 bits per heavy atom. The van der Waals surface area contributed by atoms with Crippen molar-refractivity contribution in [1.29, 1.82) is 0 Å². The molecule has 124 valence electrons. The number of nitrogens with one attached hydrogen (secondary N) is 2. The number of amides is 2. The molecule has 0 spiro atoms. The molecule has 2 aromatic rings. The molecule has 6 nitrogen and oxygen atoms in total. The highest BCUT2D eigenvalue weighted by molar-refractivity contribution is 6.31. The minimum Gasteiger partial charge on any atom is -0.337 e. The van der Waals surface area contributed by atoms with Crippen LogP contribution < -0.4 is 10.6 Å². The van der Waals surface area contributed by atoms with E-state index in [-0.39, 0.29) is 12.1 Å². The Bertz CT molecular complexity index is 699. The van der Waals surface area contributed by atoms with Crippen LogP contribution in [0.25, 0.3) is 0 Å². The molecule has 1 aromatic carbocycles. The van der Waals surface area contributed by atoms with Crippen molar-refractivity contribution >= 4 is 23.3 Å². The number of carbonyl (C=O) groups excluding carboxylic acids is 1. The summed E-state index contributed by atoms with van der Waals surface area (Å²) < 4.78 is 5.06. The maximum absolute atomic E-state index is 12.3. The van der Waals surface area contributed by atoms with E-state index in [0.29, 0.717) is 16.7 Å². The minimum atomic E-state index is -0.384. The van der Waals surface area contributed by atoms with Crippen LogP contribution in [-0.2, 0) is 12.8 Å². The fraction of sp³-hybridized carbons (Fsp3) is 0.438. The van der Waals surface area contributed by atoms with Crippen LogP contribution >= 0.6 is 11.6 Å². The van der Waals surface area contributed by atoms with E-state index in [1.807, 2.05) is 26.0 Å². The van der Waals surface area contributed by atoms with Gasteiger partial charge in [-0.05, 0) is 43.9 Å². The van der Waals surface area contributed by atoms with Crippen LogP contribution in [-0.4, -0.2) is 16.2 Å². The fourth-order valence-electron chi connectivity index (χ4n) is 2.36. The van der Waals surface area contributed by atoms with Crippen molar-refractivity contribution in [2.45, 2.75) is 46.6 Å². The smallest absolute Gasteiger partial charge is 0.319 e. The third-order valence-corrected chi connectivity index (χ3v) is 3.93. The van der Waals surface area contributed by atoms with Crippen LogP contribution in [0.4, 0.5) is 10.5 Å². The molecule has 1 atom stereocenters. The molecular formula is C16H21ClN4O2. The maximum atomic E-state index is 12.3. The number of hydrogen-bond acceptors (Lipinski definition) is 4. The zero-order valence-corrected chi connectivity index (χ0v) is 14.5. The Morgan fingerprint density at radius 1 is 1.35 bits per heavy atom. The largest absolute Gasteiger partial charge is 0.337 e. The zero-order chi connectivity index (χ0) is 17.0. The van der Waals surface area contributed by atoms with Gasteiger partial charge in [-0.25, -0.2) is 4.79 Å². The first-order valence-corrected chi connectivity index (χ1v) is 8.02. The topological polar surface area (TPSA) is 80.0 Å². The molecule has 0 aliphatic carbocycles. The van der Waals surface area contributed by atoms with Gasteiger partial charge in [0.15, 0.2) is 5.82 Å². The molecule has 0 saturated carbocycles. The van der Waals surface area contributed by atoms with Gasteiger partial charge in [-0.15, -0.1) is 0 Å². The average molecular weight is 337 g/mol. The number of benzene rings is 1. The molecule has 0 unspecified atom stereocenters. The Morgan fingerprint density at radius 3 is 2.65 bits per heavy atom. The molecule has 2 amide bonds. The molecule has 0 radical (unpaired) electrons. The number of carbonyl (C=O) groups is 1. The average Bonchev–Trinajstić information content (AvgIpc) is 2.94. The van der Waals surface area contributed by atoms with Crippen LogP contribution in [0.1, 0.15) is 49.7 Å². The molecule has 2 N–H and O–H groups in total. The maximum Gasteiger partial charge on any atom is 0.319 e. The molecule has 7 heteroatoms. The molecule has 1 aromatic heterocycles. The highest BCUT2D eigenvalue weighted by Crippen LogP contribution is 2.29. The summed E-state index contributed by atoms with van der Waals surface area (Å²) in [6, 6.07) is 3.08. The van der Waals surface area contributed by atoms with Gasteiger partial charge in [0.25, 0.3) is 0 Å². The molecule has 1 heterocycles. The number of hydrogen-bond donors (Lipinski definition) is 2. The predicted octanol–water partition coefficient (Wildman–Crippen LogP) is 4.04. The molecule has 0 saturated heterocycles.